The molecular weight excluding hydrogens is 213 g/mol. The molecule has 0 heterocycles. The van der Waals surface area contributed by atoms with E-state index in [2.05, 4.69) is 11.6 Å². The molecule has 90 valence electrons. The summed E-state index contributed by atoms with van der Waals surface area (Å²) in [5.74, 6) is -0.173. The summed E-state index contributed by atoms with van der Waals surface area (Å²) in [5, 5.41) is 0. The third-order valence-electron chi connectivity index (χ3n) is 2.75. The van der Waals surface area contributed by atoms with Gasteiger partial charge in [0.15, 0.2) is 0 Å². The molecule has 1 rings (SSSR count). The molecule has 0 aromatic heterocycles. The van der Waals surface area contributed by atoms with Gasteiger partial charge in [-0.2, -0.15) is 0 Å². The molecule has 0 radical (unpaired) electrons. The van der Waals surface area contributed by atoms with Crippen molar-refractivity contribution in [3.8, 4) is 0 Å². The Kier molecular flexibility index (Phi) is 4.83. The van der Waals surface area contributed by atoms with Crippen molar-refractivity contribution in [3.63, 3.8) is 0 Å². The van der Waals surface area contributed by atoms with Gasteiger partial charge in [-0.05, 0) is 55.2 Å². The Labute approximate surface area is 102 Å². The van der Waals surface area contributed by atoms with Gasteiger partial charge in [0.2, 0.25) is 0 Å². The fourth-order valence-electron chi connectivity index (χ4n) is 1.71. The molecule has 0 aliphatic rings. The molecule has 0 saturated heterocycles. The summed E-state index contributed by atoms with van der Waals surface area (Å²) in [6, 6.07) is 3.51. The second-order valence-corrected chi connectivity index (χ2v) is 3.94. The van der Waals surface area contributed by atoms with Gasteiger partial charge in [-0.1, -0.05) is 13.5 Å². The van der Waals surface area contributed by atoms with Crippen LogP contribution < -0.4 is 0 Å². The maximum atomic E-state index is 13.9. The lowest BCUT2D eigenvalue weighted by Crippen LogP contribution is -1.94. The van der Waals surface area contributed by atoms with Crippen LogP contribution in [-0.4, -0.2) is 6.21 Å². The van der Waals surface area contributed by atoms with E-state index in [1.54, 1.807) is 18.4 Å². The second-order valence-electron chi connectivity index (χ2n) is 3.94. The Morgan fingerprint density at radius 1 is 1.47 bits per heavy atom. The van der Waals surface area contributed by atoms with E-state index in [-0.39, 0.29) is 5.82 Å². The monoisotopic (exact) mass is 231 g/mol. The van der Waals surface area contributed by atoms with Gasteiger partial charge in [0.25, 0.3) is 0 Å². The highest BCUT2D eigenvalue weighted by Crippen LogP contribution is 2.22. The zero-order valence-corrected chi connectivity index (χ0v) is 10.6. The van der Waals surface area contributed by atoms with Gasteiger partial charge in [0.1, 0.15) is 5.82 Å². The molecule has 0 spiro atoms. The largest absolute Gasteiger partial charge is 0.265 e. The molecule has 17 heavy (non-hydrogen) atoms. The topological polar surface area (TPSA) is 12.4 Å². The van der Waals surface area contributed by atoms with Crippen molar-refractivity contribution in [2.45, 2.75) is 27.2 Å². The predicted octanol–water partition coefficient (Wildman–Crippen LogP) is 4.31. The maximum Gasteiger partial charge on any atom is 0.130 e. The minimum atomic E-state index is -0.173. The Hall–Kier alpha value is -1.70. The molecule has 0 bridgehead atoms. The molecule has 0 N–H and O–H groups in total. The van der Waals surface area contributed by atoms with Gasteiger partial charge in [0.05, 0.1) is 0 Å². The van der Waals surface area contributed by atoms with E-state index in [1.807, 2.05) is 26.8 Å². The molecule has 0 aliphatic heterocycles. The number of rotatable bonds is 4. The summed E-state index contributed by atoms with van der Waals surface area (Å²) in [4.78, 5) is 3.86. The fraction of sp³-hybridized carbons (Fsp3) is 0.267. The molecule has 1 aromatic carbocycles. The van der Waals surface area contributed by atoms with E-state index < -0.39 is 0 Å². The number of aliphatic imine (C=N–C) groups is 1. The van der Waals surface area contributed by atoms with Crippen molar-refractivity contribution < 1.29 is 4.39 Å². The van der Waals surface area contributed by atoms with Crippen LogP contribution in [0.5, 0.6) is 0 Å². The average Bonchev–Trinajstić information content (AvgIpc) is 2.31. The summed E-state index contributed by atoms with van der Waals surface area (Å²) in [6.45, 7) is 9.39. The van der Waals surface area contributed by atoms with E-state index >= 15 is 0 Å². The smallest absolute Gasteiger partial charge is 0.130 e. The van der Waals surface area contributed by atoms with E-state index in [1.165, 1.54) is 6.20 Å². The minimum absolute atomic E-state index is 0.173. The van der Waals surface area contributed by atoms with Crippen LogP contribution in [0, 0.1) is 12.7 Å². The van der Waals surface area contributed by atoms with Crippen molar-refractivity contribution in [1.29, 1.82) is 0 Å². The first-order valence-electron chi connectivity index (χ1n) is 5.70. The molecule has 2 heteroatoms. The Morgan fingerprint density at radius 3 is 2.76 bits per heavy atom. The summed E-state index contributed by atoms with van der Waals surface area (Å²) in [6.07, 6.45) is 5.70. The number of allylic oxidation sites excluding steroid dienone is 2. The highest BCUT2D eigenvalue weighted by molar-refractivity contribution is 5.84. The molecular formula is C15H18FN. The summed E-state index contributed by atoms with van der Waals surface area (Å²) < 4.78 is 13.9. The molecule has 1 aromatic rings. The van der Waals surface area contributed by atoms with Gasteiger partial charge in [0, 0.05) is 18.0 Å². The van der Waals surface area contributed by atoms with Crippen LogP contribution in [-0.2, 0) is 6.42 Å². The Morgan fingerprint density at radius 2 is 2.18 bits per heavy atom. The fourth-order valence-corrected chi connectivity index (χ4v) is 1.71. The predicted molar refractivity (Wildman–Crippen MR) is 72.9 cm³/mol. The molecule has 0 atom stereocenters. The maximum absolute atomic E-state index is 13.9. The number of nitrogens with zero attached hydrogens (tertiary/aromatic N) is 1. The number of halogens is 1. The van der Waals surface area contributed by atoms with Gasteiger partial charge in [-0.25, -0.2) is 4.39 Å². The lowest BCUT2D eigenvalue weighted by Gasteiger charge is -2.08. The normalized spacial score (nSPS) is 12.1. The number of benzene rings is 1. The molecule has 0 fully saturated rings. The SMILES string of the molecule is C=CN=C/C=C(\C)c1cc(C)c(CC)cc1F. The first-order chi connectivity index (χ1) is 8.10. The highest BCUT2D eigenvalue weighted by Gasteiger charge is 2.07. The standard InChI is InChI=1S/C15H18FN/c1-5-13-10-15(16)14(9-12(13)4)11(3)7-8-17-6-2/h6-10H,2,5H2,1,3-4H3/b11-7+,17-8?. The van der Waals surface area contributed by atoms with E-state index in [4.69, 9.17) is 0 Å². The average molecular weight is 231 g/mol. The van der Waals surface area contributed by atoms with Gasteiger partial charge >= 0.3 is 0 Å². The van der Waals surface area contributed by atoms with Crippen LogP contribution in [0.25, 0.3) is 5.57 Å². The Bertz CT molecular complexity index is 470. The van der Waals surface area contributed by atoms with Crippen LogP contribution in [0.4, 0.5) is 4.39 Å². The highest BCUT2D eigenvalue weighted by atomic mass is 19.1. The molecule has 1 nitrogen and oxygen atoms in total. The van der Waals surface area contributed by atoms with E-state index in [0.29, 0.717) is 5.56 Å². The van der Waals surface area contributed by atoms with Gasteiger partial charge < -0.3 is 0 Å². The first-order valence-corrected chi connectivity index (χ1v) is 5.70. The van der Waals surface area contributed by atoms with Crippen molar-refractivity contribution in [1.82, 2.24) is 0 Å². The molecule has 0 saturated carbocycles. The van der Waals surface area contributed by atoms with Crippen molar-refractivity contribution in [2.75, 3.05) is 0 Å². The first kappa shape index (κ1) is 13.4. The lowest BCUT2D eigenvalue weighted by molar-refractivity contribution is 0.621. The van der Waals surface area contributed by atoms with Gasteiger partial charge in [-0.3, -0.25) is 4.99 Å². The Balaban J connectivity index is 3.14. The van der Waals surface area contributed by atoms with Crippen LogP contribution >= 0.6 is 0 Å². The van der Waals surface area contributed by atoms with E-state index in [0.717, 1.165) is 23.1 Å². The molecule has 0 amide bonds. The van der Waals surface area contributed by atoms with Crippen molar-refractivity contribution in [2.24, 2.45) is 4.99 Å². The van der Waals surface area contributed by atoms with Crippen LogP contribution in [0.1, 0.15) is 30.5 Å². The van der Waals surface area contributed by atoms with E-state index in [9.17, 15) is 4.39 Å². The quantitative estimate of drug-likeness (QED) is 0.684. The zero-order chi connectivity index (χ0) is 12.8. The minimum Gasteiger partial charge on any atom is -0.265 e. The van der Waals surface area contributed by atoms with Crippen LogP contribution in [0.2, 0.25) is 0 Å². The summed E-state index contributed by atoms with van der Waals surface area (Å²) in [7, 11) is 0. The number of aryl methyl sites for hydroxylation is 2. The third-order valence-corrected chi connectivity index (χ3v) is 2.75. The lowest BCUT2D eigenvalue weighted by atomic mass is 9.98. The third kappa shape index (κ3) is 3.38. The van der Waals surface area contributed by atoms with Crippen molar-refractivity contribution in [3.05, 3.63) is 53.5 Å². The number of hydrogen-bond donors (Lipinski definition) is 0. The van der Waals surface area contributed by atoms with Crippen LogP contribution in [0.3, 0.4) is 0 Å². The molecule has 0 unspecified atom stereocenters. The second kappa shape index (κ2) is 6.14. The summed E-state index contributed by atoms with van der Waals surface area (Å²) >= 11 is 0. The molecule has 0 aliphatic carbocycles. The zero-order valence-electron chi connectivity index (χ0n) is 10.6. The van der Waals surface area contributed by atoms with Crippen LogP contribution in [0.15, 0.2) is 36.0 Å². The van der Waals surface area contributed by atoms with Crippen molar-refractivity contribution >= 4 is 11.8 Å². The summed E-state index contributed by atoms with van der Waals surface area (Å²) in [5.41, 5.74) is 3.67. The van der Waals surface area contributed by atoms with Gasteiger partial charge in [-0.15, -0.1) is 0 Å². The number of hydrogen-bond acceptors (Lipinski definition) is 1.